The van der Waals surface area contributed by atoms with E-state index in [4.69, 9.17) is 4.74 Å². The van der Waals surface area contributed by atoms with Crippen LogP contribution in [0.15, 0.2) is 48.5 Å². The second kappa shape index (κ2) is 10.9. The molecule has 2 aromatic rings. The van der Waals surface area contributed by atoms with E-state index >= 15 is 0 Å². The smallest absolute Gasteiger partial charge is 0.337 e. The van der Waals surface area contributed by atoms with Crippen LogP contribution in [0.4, 0.5) is 0 Å². The Kier molecular flexibility index (Phi) is 8.00. The number of ether oxygens (including phenoxy) is 1. The number of esters is 1. The minimum absolute atomic E-state index is 0.0542. The fraction of sp³-hybridized carbons (Fsp3) is 0.400. The molecule has 0 aromatic heterocycles. The second-order valence-corrected chi connectivity index (χ2v) is 8.16. The van der Waals surface area contributed by atoms with Gasteiger partial charge in [0.1, 0.15) is 0 Å². The third-order valence-corrected chi connectivity index (χ3v) is 5.91. The summed E-state index contributed by atoms with van der Waals surface area (Å²) in [6, 6.07) is 14.7. The molecule has 170 valence electrons. The monoisotopic (exact) mass is 437 g/mol. The molecule has 1 atom stereocenters. The summed E-state index contributed by atoms with van der Waals surface area (Å²) in [4.78, 5) is 40.7. The van der Waals surface area contributed by atoms with Crippen LogP contribution in [0.5, 0.6) is 0 Å². The van der Waals surface area contributed by atoms with Gasteiger partial charge in [-0.15, -0.1) is 0 Å². The molecule has 1 saturated heterocycles. The Labute approximate surface area is 189 Å². The molecule has 3 rings (SSSR count). The summed E-state index contributed by atoms with van der Waals surface area (Å²) in [5.74, 6) is -0.312. The number of nitrogens with zero attached hydrogens (tertiary/aromatic N) is 2. The average molecular weight is 438 g/mol. The van der Waals surface area contributed by atoms with Crippen LogP contribution in [-0.4, -0.2) is 66.9 Å². The average Bonchev–Trinajstić information content (AvgIpc) is 2.83. The first-order valence-electron chi connectivity index (χ1n) is 10.9. The van der Waals surface area contributed by atoms with Crippen molar-refractivity contribution in [1.29, 1.82) is 0 Å². The van der Waals surface area contributed by atoms with Crippen LogP contribution in [0.1, 0.15) is 34.0 Å². The first-order valence-corrected chi connectivity index (χ1v) is 10.9. The SMILES string of the molecule is COC(=O)c1ccc(CNC(=O)C(C)N2CCN(C(=O)Cc3ccc(C)cc3)CC2)cc1. The molecule has 1 aliphatic heterocycles. The maximum absolute atomic E-state index is 12.6. The molecule has 0 bridgehead atoms. The number of hydrogen-bond acceptors (Lipinski definition) is 5. The van der Waals surface area contributed by atoms with E-state index in [0.29, 0.717) is 44.7 Å². The Hall–Kier alpha value is -3.19. The van der Waals surface area contributed by atoms with E-state index in [0.717, 1.165) is 11.1 Å². The largest absolute Gasteiger partial charge is 0.465 e. The van der Waals surface area contributed by atoms with Crippen LogP contribution < -0.4 is 5.32 Å². The summed E-state index contributed by atoms with van der Waals surface area (Å²) in [5.41, 5.74) is 3.59. The quantitative estimate of drug-likeness (QED) is 0.672. The molecule has 0 saturated carbocycles. The zero-order valence-electron chi connectivity index (χ0n) is 19.0. The van der Waals surface area contributed by atoms with Crippen LogP contribution in [0.25, 0.3) is 0 Å². The summed E-state index contributed by atoms with van der Waals surface area (Å²) in [7, 11) is 1.34. The number of aryl methyl sites for hydroxylation is 1. The number of rotatable bonds is 7. The molecule has 1 fully saturated rings. The standard InChI is InChI=1S/C25H31N3O4/c1-18-4-6-20(7-5-18)16-23(29)28-14-12-27(13-15-28)19(2)24(30)26-17-21-8-10-22(11-9-21)25(31)32-3/h4-11,19H,12-17H2,1-3H3,(H,26,30). The summed E-state index contributed by atoms with van der Waals surface area (Å²) < 4.78 is 4.69. The predicted octanol–water partition coefficient (Wildman–Crippen LogP) is 2.17. The number of benzene rings is 2. The molecule has 0 radical (unpaired) electrons. The van der Waals surface area contributed by atoms with Gasteiger partial charge < -0.3 is 15.0 Å². The van der Waals surface area contributed by atoms with Crippen molar-refractivity contribution in [2.75, 3.05) is 33.3 Å². The van der Waals surface area contributed by atoms with E-state index in [2.05, 4.69) is 10.2 Å². The number of piperazine rings is 1. The second-order valence-electron chi connectivity index (χ2n) is 8.16. The van der Waals surface area contributed by atoms with Crippen molar-refractivity contribution in [2.45, 2.75) is 32.9 Å². The lowest BCUT2D eigenvalue weighted by Gasteiger charge is -2.37. The fourth-order valence-electron chi connectivity index (χ4n) is 3.73. The maximum atomic E-state index is 12.6. The highest BCUT2D eigenvalue weighted by molar-refractivity contribution is 5.89. The third-order valence-electron chi connectivity index (χ3n) is 5.91. The van der Waals surface area contributed by atoms with Crippen molar-refractivity contribution in [2.24, 2.45) is 0 Å². The molecule has 1 unspecified atom stereocenters. The van der Waals surface area contributed by atoms with Crippen LogP contribution in [-0.2, 0) is 27.3 Å². The molecule has 1 N–H and O–H groups in total. The molecule has 1 heterocycles. The molecule has 0 spiro atoms. The van der Waals surface area contributed by atoms with Gasteiger partial charge in [-0.1, -0.05) is 42.0 Å². The van der Waals surface area contributed by atoms with Gasteiger partial charge in [0.2, 0.25) is 11.8 Å². The Morgan fingerprint density at radius 1 is 0.938 bits per heavy atom. The zero-order valence-corrected chi connectivity index (χ0v) is 19.0. The molecule has 7 heteroatoms. The Morgan fingerprint density at radius 2 is 1.53 bits per heavy atom. The van der Waals surface area contributed by atoms with Gasteiger partial charge in [0.25, 0.3) is 0 Å². The Morgan fingerprint density at radius 3 is 2.12 bits per heavy atom. The lowest BCUT2D eigenvalue weighted by atomic mass is 10.1. The predicted molar refractivity (Wildman–Crippen MR) is 122 cm³/mol. The first kappa shape index (κ1) is 23.5. The van der Waals surface area contributed by atoms with Crippen molar-refractivity contribution < 1.29 is 19.1 Å². The highest BCUT2D eigenvalue weighted by Gasteiger charge is 2.27. The third kappa shape index (κ3) is 6.17. The minimum atomic E-state index is -0.384. The number of carbonyl (C=O) groups excluding carboxylic acids is 3. The van der Waals surface area contributed by atoms with Gasteiger partial charge in [-0.2, -0.15) is 0 Å². The maximum Gasteiger partial charge on any atom is 0.337 e. The summed E-state index contributed by atoms with van der Waals surface area (Å²) in [6.45, 7) is 6.89. The summed E-state index contributed by atoms with van der Waals surface area (Å²) >= 11 is 0. The first-order chi connectivity index (χ1) is 15.4. The number of nitrogens with one attached hydrogen (secondary N) is 1. The van der Waals surface area contributed by atoms with E-state index in [-0.39, 0.29) is 23.8 Å². The van der Waals surface area contributed by atoms with Crippen molar-refractivity contribution >= 4 is 17.8 Å². The lowest BCUT2D eigenvalue weighted by Crippen LogP contribution is -2.55. The Balaban J connectivity index is 1.43. The van der Waals surface area contributed by atoms with Crippen LogP contribution in [0, 0.1) is 6.92 Å². The van der Waals surface area contributed by atoms with Gasteiger partial charge in [-0.25, -0.2) is 4.79 Å². The van der Waals surface area contributed by atoms with Gasteiger partial charge in [-0.3, -0.25) is 14.5 Å². The molecule has 1 aliphatic rings. The van der Waals surface area contributed by atoms with Crippen molar-refractivity contribution in [3.05, 3.63) is 70.8 Å². The van der Waals surface area contributed by atoms with Gasteiger partial charge in [0, 0.05) is 32.7 Å². The number of amides is 2. The van der Waals surface area contributed by atoms with Crippen LogP contribution >= 0.6 is 0 Å². The van der Waals surface area contributed by atoms with Gasteiger partial charge in [0.15, 0.2) is 0 Å². The summed E-state index contributed by atoms with van der Waals surface area (Å²) in [5, 5.41) is 2.95. The van der Waals surface area contributed by atoms with E-state index < -0.39 is 0 Å². The van der Waals surface area contributed by atoms with Crippen LogP contribution in [0.3, 0.4) is 0 Å². The molecule has 32 heavy (non-hydrogen) atoms. The minimum Gasteiger partial charge on any atom is -0.465 e. The molecule has 7 nitrogen and oxygen atoms in total. The lowest BCUT2D eigenvalue weighted by molar-refractivity contribution is -0.133. The normalized spacial score (nSPS) is 15.2. The van der Waals surface area contributed by atoms with E-state index in [9.17, 15) is 14.4 Å². The van der Waals surface area contributed by atoms with E-state index in [1.54, 1.807) is 24.3 Å². The van der Waals surface area contributed by atoms with E-state index in [1.807, 2.05) is 43.0 Å². The number of carbonyl (C=O) groups is 3. The topological polar surface area (TPSA) is 79.0 Å². The van der Waals surface area contributed by atoms with Gasteiger partial charge >= 0.3 is 5.97 Å². The zero-order chi connectivity index (χ0) is 23.1. The van der Waals surface area contributed by atoms with Gasteiger partial charge in [-0.05, 0) is 37.1 Å². The van der Waals surface area contributed by atoms with Crippen molar-refractivity contribution in [3.8, 4) is 0 Å². The molecule has 2 aromatic carbocycles. The number of methoxy groups -OCH3 is 1. The number of hydrogen-bond donors (Lipinski definition) is 1. The van der Waals surface area contributed by atoms with Crippen molar-refractivity contribution in [3.63, 3.8) is 0 Å². The molecular formula is C25H31N3O4. The van der Waals surface area contributed by atoms with Crippen LogP contribution in [0.2, 0.25) is 0 Å². The van der Waals surface area contributed by atoms with Crippen molar-refractivity contribution in [1.82, 2.24) is 15.1 Å². The highest BCUT2D eigenvalue weighted by Crippen LogP contribution is 2.11. The fourth-order valence-corrected chi connectivity index (χ4v) is 3.73. The summed E-state index contributed by atoms with van der Waals surface area (Å²) in [6.07, 6.45) is 0.408. The van der Waals surface area contributed by atoms with Gasteiger partial charge in [0.05, 0.1) is 25.1 Å². The highest BCUT2D eigenvalue weighted by atomic mass is 16.5. The van der Waals surface area contributed by atoms with E-state index in [1.165, 1.54) is 12.7 Å². The molecule has 0 aliphatic carbocycles. The molecule has 2 amide bonds. The Bertz CT molecular complexity index is 933. The molecular weight excluding hydrogens is 406 g/mol.